The average molecular weight is 199 g/mol. The fraction of sp³-hybridized carbons (Fsp3) is 0.400. The molecule has 0 aliphatic carbocycles. The highest BCUT2D eigenvalue weighted by Crippen LogP contribution is 2.40. The zero-order chi connectivity index (χ0) is 9.42. The van der Waals surface area contributed by atoms with Crippen molar-refractivity contribution < 1.29 is 9.84 Å². The summed E-state index contributed by atoms with van der Waals surface area (Å²) in [6.07, 6.45) is -0.416. The molecule has 0 aromatic heterocycles. The highest BCUT2D eigenvalue weighted by Gasteiger charge is 2.29. The Labute approximate surface area is 82.1 Å². The summed E-state index contributed by atoms with van der Waals surface area (Å²) in [5.74, 6) is 0.821. The normalized spacial score (nSPS) is 22.2. The van der Waals surface area contributed by atoms with Crippen molar-refractivity contribution in [2.24, 2.45) is 0 Å². The first-order valence-electron chi connectivity index (χ1n) is 4.29. The minimum atomic E-state index is -0.416. The maximum absolute atomic E-state index is 9.48. The molecule has 2 rings (SSSR count). The van der Waals surface area contributed by atoms with Gasteiger partial charge in [-0.1, -0.05) is 17.7 Å². The van der Waals surface area contributed by atoms with Crippen molar-refractivity contribution in [1.82, 2.24) is 0 Å². The molecule has 1 N–H and O–H groups in total. The van der Waals surface area contributed by atoms with Gasteiger partial charge in [0.25, 0.3) is 0 Å². The van der Waals surface area contributed by atoms with Crippen molar-refractivity contribution in [3.8, 4) is 5.75 Å². The monoisotopic (exact) mass is 198 g/mol. The van der Waals surface area contributed by atoms with Gasteiger partial charge in [0, 0.05) is 16.5 Å². The molecule has 2 unspecified atom stereocenters. The van der Waals surface area contributed by atoms with Crippen LogP contribution in [0.25, 0.3) is 0 Å². The second-order valence-electron chi connectivity index (χ2n) is 3.31. The van der Waals surface area contributed by atoms with Crippen LogP contribution in [0.15, 0.2) is 18.2 Å². The largest absolute Gasteiger partial charge is 0.492 e. The lowest BCUT2D eigenvalue weighted by molar-refractivity contribution is 0.146. The Balaban J connectivity index is 2.46. The molecular weight excluding hydrogens is 188 g/mol. The van der Waals surface area contributed by atoms with Crippen molar-refractivity contribution in [2.75, 3.05) is 6.61 Å². The number of hydrogen-bond donors (Lipinski definition) is 1. The van der Waals surface area contributed by atoms with Gasteiger partial charge in [-0.05, 0) is 19.1 Å². The first kappa shape index (κ1) is 8.85. The second kappa shape index (κ2) is 3.20. The molecule has 0 spiro atoms. The zero-order valence-corrected chi connectivity index (χ0v) is 8.08. The van der Waals surface area contributed by atoms with E-state index in [0.717, 1.165) is 11.3 Å². The third-order valence-corrected chi connectivity index (χ3v) is 2.71. The lowest BCUT2D eigenvalue weighted by Crippen LogP contribution is -2.15. The summed E-state index contributed by atoms with van der Waals surface area (Å²) in [6.45, 7) is 2.28. The van der Waals surface area contributed by atoms with Gasteiger partial charge in [0.1, 0.15) is 5.75 Å². The standard InChI is InChI=1S/C10H11ClO2/c1-6(12)7-5-13-9-4-2-3-8(11)10(7)9/h2-4,6-7,12H,5H2,1H3. The first-order valence-corrected chi connectivity index (χ1v) is 4.67. The van der Waals surface area contributed by atoms with Crippen LogP contribution in [0.2, 0.25) is 5.02 Å². The van der Waals surface area contributed by atoms with Gasteiger partial charge in [-0.2, -0.15) is 0 Å². The molecule has 2 nitrogen and oxygen atoms in total. The smallest absolute Gasteiger partial charge is 0.124 e. The number of rotatable bonds is 1. The van der Waals surface area contributed by atoms with Crippen LogP contribution in [0.3, 0.4) is 0 Å². The summed E-state index contributed by atoms with van der Waals surface area (Å²) in [4.78, 5) is 0. The predicted molar refractivity (Wildman–Crippen MR) is 51.4 cm³/mol. The minimum Gasteiger partial charge on any atom is -0.492 e. The van der Waals surface area contributed by atoms with Crippen LogP contribution in [0.4, 0.5) is 0 Å². The van der Waals surface area contributed by atoms with E-state index in [0.29, 0.717) is 11.6 Å². The summed E-state index contributed by atoms with van der Waals surface area (Å²) in [5.41, 5.74) is 0.944. The summed E-state index contributed by atoms with van der Waals surface area (Å²) < 4.78 is 5.41. The van der Waals surface area contributed by atoms with Gasteiger partial charge in [0.15, 0.2) is 0 Å². The summed E-state index contributed by atoms with van der Waals surface area (Å²) >= 11 is 6.02. The van der Waals surface area contributed by atoms with Crippen molar-refractivity contribution in [3.63, 3.8) is 0 Å². The number of fused-ring (bicyclic) bond motifs is 1. The van der Waals surface area contributed by atoms with Crippen molar-refractivity contribution in [3.05, 3.63) is 28.8 Å². The maximum atomic E-state index is 9.48. The zero-order valence-electron chi connectivity index (χ0n) is 7.33. The highest BCUT2D eigenvalue weighted by molar-refractivity contribution is 6.31. The van der Waals surface area contributed by atoms with E-state index in [1.807, 2.05) is 18.2 Å². The summed E-state index contributed by atoms with van der Waals surface area (Å²) in [5, 5.41) is 10.2. The minimum absolute atomic E-state index is 0.0173. The SMILES string of the molecule is CC(O)C1COc2cccc(Cl)c21. The Morgan fingerprint density at radius 1 is 1.62 bits per heavy atom. The molecule has 1 aliphatic rings. The quantitative estimate of drug-likeness (QED) is 0.750. The van der Waals surface area contributed by atoms with Gasteiger partial charge in [0.05, 0.1) is 12.7 Å². The molecule has 0 saturated heterocycles. The Hall–Kier alpha value is -0.730. The molecule has 1 aromatic carbocycles. The van der Waals surface area contributed by atoms with Crippen molar-refractivity contribution in [1.29, 1.82) is 0 Å². The molecule has 1 aliphatic heterocycles. The van der Waals surface area contributed by atoms with Crippen LogP contribution in [-0.2, 0) is 0 Å². The topological polar surface area (TPSA) is 29.5 Å². The van der Waals surface area contributed by atoms with Gasteiger partial charge < -0.3 is 9.84 Å². The molecular formula is C10H11ClO2. The molecule has 2 atom stereocenters. The van der Waals surface area contributed by atoms with Gasteiger partial charge in [-0.15, -0.1) is 0 Å². The van der Waals surface area contributed by atoms with E-state index in [1.165, 1.54) is 0 Å². The molecule has 70 valence electrons. The Bertz CT molecular complexity index is 323. The number of halogens is 1. The van der Waals surface area contributed by atoms with Crippen LogP contribution in [0.1, 0.15) is 18.4 Å². The van der Waals surface area contributed by atoms with Gasteiger partial charge >= 0.3 is 0 Å². The third kappa shape index (κ3) is 1.40. The van der Waals surface area contributed by atoms with E-state index in [9.17, 15) is 5.11 Å². The second-order valence-corrected chi connectivity index (χ2v) is 3.72. The summed E-state index contributed by atoms with van der Waals surface area (Å²) in [6, 6.07) is 5.56. The fourth-order valence-electron chi connectivity index (χ4n) is 1.65. The Morgan fingerprint density at radius 3 is 3.08 bits per heavy atom. The van der Waals surface area contributed by atoms with Crippen molar-refractivity contribution in [2.45, 2.75) is 18.9 Å². The van der Waals surface area contributed by atoms with E-state index >= 15 is 0 Å². The first-order chi connectivity index (χ1) is 6.20. The number of aliphatic hydroxyl groups excluding tert-OH is 1. The van der Waals surface area contributed by atoms with E-state index in [4.69, 9.17) is 16.3 Å². The molecule has 3 heteroatoms. The molecule has 0 amide bonds. The number of ether oxygens (including phenoxy) is 1. The number of hydrogen-bond acceptors (Lipinski definition) is 2. The molecule has 0 fully saturated rings. The predicted octanol–water partition coefficient (Wildman–Crippen LogP) is 2.20. The van der Waals surface area contributed by atoms with Crippen LogP contribution in [0, 0.1) is 0 Å². The van der Waals surface area contributed by atoms with Crippen LogP contribution >= 0.6 is 11.6 Å². The highest BCUT2D eigenvalue weighted by atomic mass is 35.5. The van der Waals surface area contributed by atoms with Gasteiger partial charge in [-0.3, -0.25) is 0 Å². The average Bonchev–Trinajstić information content (AvgIpc) is 2.49. The Kier molecular flexibility index (Phi) is 2.18. The lowest BCUT2D eigenvalue weighted by atomic mass is 9.96. The fourth-order valence-corrected chi connectivity index (χ4v) is 1.95. The molecule has 0 bridgehead atoms. The lowest BCUT2D eigenvalue weighted by Gasteiger charge is -2.12. The number of aliphatic hydroxyl groups is 1. The van der Waals surface area contributed by atoms with E-state index in [-0.39, 0.29) is 5.92 Å². The maximum Gasteiger partial charge on any atom is 0.124 e. The third-order valence-electron chi connectivity index (χ3n) is 2.38. The molecule has 0 radical (unpaired) electrons. The van der Waals surface area contributed by atoms with E-state index < -0.39 is 6.10 Å². The molecule has 0 saturated carbocycles. The number of benzene rings is 1. The van der Waals surface area contributed by atoms with E-state index in [2.05, 4.69) is 0 Å². The van der Waals surface area contributed by atoms with Crippen LogP contribution in [0.5, 0.6) is 5.75 Å². The van der Waals surface area contributed by atoms with Crippen molar-refractivity contribution >= 4 is 11.6 Å². The molecule has 13 heavy (non-hydrogen) atoms. The van der Waals surface area contributed by atoms with Gasteiger partial charge in [-0.25, -0.2) is 0 Å². The Morgan fingerprint density at radius 2 is 2.38 bits per heavy atom. The molecule has 1 heterocycles. The molecule has 1 aromatic rings. The van der Waals surface area contributed by atoms with E-state index in [1.54, 1.807) is 6.92 Å². The summed E-state index contributed by atoms with van der Waals surface area (Å²) in [7, 11) is 0. The van der Waals surface area contributed by atoms with Crippen LogP contribution < -0.4 is 4.74 Å². The van der Waals surface area contributed by atoms with Gasteiger partial charge in [0.2, 0.25) is 0 Å². The van der Waals surface area contributed by atoms with Crippen LogP contribution in [-0.4, -0.2) is 17.8 Å².